The Labute approximate surface area is 112 Å². The highest BCUT2D eigenvalue weighted by Crippen LogP contribution is 2.17. The summed E-state index contributed by atoms with van der Waals surface area (Å²) in [4.78, 5) is 11.9. The summed E-state index contributed by atoms with van der Waals surface area (Å²) in [5.74, 6) is -0.795. The minimum absolute atomic E-state index is 0.0629. The molecule has 1 unspecified atom stereocenters. The van der Waals surface area contributed by atoms with Gasteiger partial charge in [0.2, 0.25) is 5.91 Å². The van der Waals surface area contributed by atoms with Crippen molar-refractivity contribution in [3.05, 3.63) is 24.3 Å². The van der Waals surface area contributed by atoms with E-state index in [1.807, 2.05) is 0 Å². The predicted molar refractivity (Wildman–Crippen MR) is 74.6 cm³/mol. The Morgan fingerprint density at radius 3 is 2.63 bits per heavy atom. The zero-order valence-corrected chi connectivity index (χ0v) is 11.7. The number of hydrogen-bond acceptors (Lipinski definition) is 5. The van der Waals surface area contributed by atoms with Crippen LogP contribution in [0.15, 0.2) is 24.3 Å². The summed E-state index contributed by atoms with van der Waals surface area (Å²) < 4.78 is 28.4. The Bertz CT molecular complexity index is 542. The number of methoxy groups -OCH3 is 1. The Kier molecular flexibility index (Phi) is 5.31. The maximum atomic E-state index is 11.9. The van der Waals surface area contributed by atoms with Gasteiger partial charge in [0.25, 0.3) is 0 Å². The number of carbonyl (C=O) groups is 1. The van der Waals surface area contributed by atoms with E-state index in [-0.39, 0.29) is 12.4 Å². The van der Waals surface area contributed by atoms with Crippen molar-refractivity contribution in [1.29, 1.82) is 0 Å². The zero-order valence-electron chi connectivity index (χ0n) is 10.9. The van der Waals surface area contributed by atoms with E-state index in [0.717, 1.165) is 0 Å². The molecule has 0 aliphatic heterocycles. The number of nitrogens with two attached hydrogens (primary N) is 1. The van der Waals surface area contributed by atoms with Gasteiger partial charge in [-0.15, -0.1) is 0 Å². The van der Waals surface area contributed by atoms with Crippen molar-refractivity contribution in [2.24, 2.45) is 0 Å². The van der Waals surface area contributed by atoms with E-state index in [2.05, 4.69) is 5.32 Å². The second-order valence-corrected chi connectivity index (χ2v) is 6.52. The number of amides is 1. The lowest BCUT2D eigenvalue weighted by atomic mass is 10.2. The largest absolute Gasteiger partial charge is 0.397 e. The van der Waals surface area contributed by atoms with E-state index >= 15 is 0 Å². The second-order valence-electron chi connectivity index (χ2n) is 4.08. The molecule has 0 fully saturated rings. The van der Waals surface area contributed by atoms with Crippen molar-refractivity contribution in [3.63, 3.8) is 0 Å². The molecular formula is C12H18N2O4S. The highest BCUT2D eigenvalue weighted by atomic mass is 32.2. The maximum Gasteiger partial charge on any atom is 0.242 e. The summed E-state index contributed by atoms with van der Waals surface area (Å²) in [6.07, 6.45) is 0. The van der Waals surface area contributed by atoms with Gasteiger partial charge >= 0.3 is 0 Å². The van der Waals surface area contributed by atoms with Crippen molar-refractivity contribution in [2.75, 3.05) is 30.5 Å². The van der Waals surface area contributed by atoms with Crippen LogP contribution in [0.25, 0.3) is 0 Å². The van der Waals surface area contributed by atoms with E-state index in [1.165, 1.54) is 14.0 Å². The molecule has 0 bridgehead atoms. The second kappa shape index (κ2) is 6.53. The van der Waals surface area contributed by atoms with Gasteiger partial charge in [-0.05, 0) is 19.1 Å². The van der Waals surface area contributed by atoms with E-state index in [9.17, 15) is 13.2 Å². The SMILES string of the molecule is COCCS(=O)(=O)C(C)C(=O)Nc1ccccc1N. The molecule has 1 rings (SSSR count). The summed E-state index contributed by atoms with van der Waals surface area (Å²) in [5.41, 5.74) is 6.46. The molecule has 106 valence electrons. The van der Waals surface area contributed by atoms with Crippen LogP contribution in [0.2, 0.25) is 0 Å². The number of nitrogen functional groups attached to an aromatic ring is 1. The van der Waals surface area contributed by atoms with Crippen LogP contribution in [-0.2, 0) is 19.4 Å². The Hall–Kier alpha value is -1.60. The molecule has 1 amide bonds. The molecular weight excluding hydrogens is 268 g/mol. The molecule has 1 atom stereocenters. The van der Waals surface area contributed by atoms with Gasteiger partial charge in [-0.2, -0.15) is 0 Å². The van der Waals surface area contributed by atoms with Crippen LogP contribution in [0.3, 0.4) is 0 Å². The first-order valence-corrected chi connectivity index (χ1v) is 7.46. The van der Waals surface area contributed by atoms with Gasteiger partial charge in [0.05, 0.1) is 23.7 Å². The first kappa shape index (κ1) is 15.5. The van der Waals surface area contributed by atoms with Crippen molar-refractivity contribution in [1.82, 2.24) is 0 Å². The average molecular weight is 286 g/mol. The van der Waals surface area contributed by atoms with E-state index < -0.39 is 21.0 Å². The fraction of sp³-hybridized carbons (Fsp3) is 0.417. The predicted octanol–water partition coefficient (Wildman–Crippen LogP) is 0.657. The number of benzene rings is 1. The van der Waals surface area contributed by atoms with Crippen molar-refractivity contribution in [2.45, 2.75) is 12.2 Å². The summed E-state index contributed by atoms with van der Waals surface area (Å²) in [7, 11) is -2.12. The quantitative estimate of drug-likeness (QED) is 0.748. The van der Waals surface area contributed by atoms with Crippen LogP contribution in [-0.4, -0.2) is 39.0 Å². The smallest absolute Gasteiger partial charge is 0.242 e. The molecule has 0 saturated carbocycles. The molecule has 7 heteroatoms. The molecule has 3 N–H and O–H groups in total. The van der Waals surface area contributed by atoms with Crippen LogP contribution < -0.4 is 11.1 Å². The average Bonchev–Trinajstić information content (AvgIpc) is 2.38. The molecule has 19 heavy (non-hydrogen) atoms. The van der Waals surface area contributed by atoms with Crippen molar-refractivity contribution < 1.29 is 17.9 Å². The summed E-state index contributed by atoms with van der Waals surface area (Å²) >= 11 is 0. The van der Waals surface area contributed by atoms with E-state index in [0.29, 0.717) is 11.4 Å². The Morgan fingerprint density at radius 1 is 1.42 bits per heavy atom. The third-order valence-corrected chi connectivity index (χ3v) is 4.73. The fourth-order valence-electron chi connectivity index (χ4n) is 1.38. The number of carbonyl (C=O) groups excluding carboxylic acids is 1. The molecule has 0 heterocycles. The number of anilines is 2. The van der Waals surface area contributed by atoms with E-state index in [4.69, 9.17) is 10.5 Å². The molecule has 0 aliphatic rings. The normalized spacial score (nSPS) is 12.9. The van der Waals surface area contributed by atoms with Gasteiger partial charge in [0.15, 0.2) is 9.84 Å². The summed E-state index contributed by atoms with van der Waals surface area (Å²) in [6.45, 7) is 1.41. The van der Waals surface area contributed by atoms with Crippen LogP contribution >= 0.6 is 0 Å². The lowest BCUT2D eigenvalue weighted by Crippen LogP contribution is -2.35. The number of ether oxygens (including phenoxy) is 1. The molecule has 0 aliphatic carbocycles. The third-order valence-electron chi connectivity index (χ3n) is 2.70. The molecule has 0 radical (unpaired) electrons. The lowest BCUT2D eigenvalue weighted by Gasteiger charge is -2.14. The van der Waals surface area contributed by atoms with Crippen molar-refractivity contribution >= 4 is 27.1 Å². The monoisotopic (exact) mass is 286 g/mol. The first-order chi connectivity index (χ1) is 8.88. The van der Waals surface area contributed by atoms with Gasteiger partial charge in [-0.3, -0.25) is 4.79 Å². The molecule has 0 spiro atoms. The van der Waals surface area contributed by atoms with Gasteiger partial charge < -0.3 is 15.8 Å². The van der Waals surface area contributed by atoms with Crippen LogP contribution in [0.4, 0.5) is 11.4 Å². The van der Waals surface area contributed by atoms with Gasteiger partial charge in [-0.1, -0.05) is 12.1 Å². The Morgan fingerprint density at radius 2 is 2.05 bits per heavy atom. The van der Waals surface area contributed by atoms with Crippen LogP contribution in [0.1, 0.15) is 6.92 Å². The first-order valence-electron chi connectivity index (χ1n) is 5.74. The van der Waals surface area contributed by atoms with Crippen LogP contribution in [0.5, 0.6) is 0 Å². The summed E-state index contributed by atoms with van der Waals surface area (Å²) in [5, 5.41) is 1.36. The number of sulfone groups is 1. The minimum Gasteiger partial charge on any atom is -0.397 e. The molecule has 0 aromatic heterocycles. The number of rotatable bonds is 6. The number of hydrogen-bond donors (Lipinski definition) is 2. The number of para-hydroxylation sites is 2. The van der Waals surface area contributed by atoms with Gasteiger partial charge in [0, 0.05) is 7.11 Å². The highest BCUT2D eigenvalue weighted by Gasteiger charge is 2.27. The van der Waals surface area contributed by atoms with Gasteiger partial charge in [0.1, 0.15) is 5.25 Å². The molecule has 0 saturated heterocycles. The highest BCUT2D eigenvalue weighted by molar-refractivity contribution is 7.92. The molecule has 6 nitrogen and oxygen atoms in total. The minimum atomic E-state index is -3.53. The molecule has 1 aromatic carbocycles. The zero-order chi connectivity index (χ0) is 14.5. The third kappa shape index (κ3) is 4.22. The van der Waals surface area contributed by atoms with Crippen molar-refractivity contribution in [3.8, 4) is 0 Å². The lowest BCUT2D eigenvalue weighted by molar-refractivity contribution is -0.115. The van der Waals surface area contributed by atoms with Crippen LogP contribution in [0, 0.1) is 0 Å². The topological polar surface area (TPSA) is 98.5 Å². The number of nitrogens with one attached hydrogen (secondary N) is 1. The summed E-state index contributed by atoms with van der Waals surface area (Å²) in [6, 6.07) is 6.67. The van der Waals surface area contributed by atoms with Gasteiger partial charge in [-0.25, -0.2) is 8.42 Å². The Balaban J connectivity index is 2.76. The maximum absolute atomic E-state index is 11.9. The fourth-order valence-corrected chi connectivity index (χ4v) is 2.52. The molecule has 1 aromatic rings. The van der Waals surface area contributed by atoms with E-state index in [1.54, 1.807) is 24.3 Å². The standard InChI is InChI=1S/C12H18N2O4S/c1-9(19(16,17)8-7-18-2)12(15)14-11-6-4-3-5-10(11)13/h3-6,9H,7-8,13H2,1-2H3,(H,14,15).